The third kappa shape index (κ3) is 2.81. The van der Waals surface area contributed by atoms with Gasteiger partial charge in [0.2, 0.25) is 0 Å². The van der Waals surface area contributed by atoms with Crippen molar-refractivity contribution in [2.75, 3.05) is 6.54 Å². The normalized spacial score (nSPS) is 10.7. The van der Waals surface area contributed by atoms with Crippen molar-refractivity contribution in [2.45, 2.75) is 19.4 Å². The average molecular weight is 252 g/mol. The fourth-order valence-corrected chi connectivity index (χ4v) is 1.82. The van der Waals surface area contributed by atoms with Gasteiger partial charge in [0, 0.05) is 12.1 Å². The second kappa shape index (κ2) is 5.75. The van der Waals surface area contributed by atoms with Crippen LogP contribution in [-0.4, -0.2) is 26.8 Å². The van der Waals surface area contributed by atoms with Crippen LogP contribution in [-0.2, 0) is 6.54 Å². The molecular formula is C11H14ClN5. The Kier molecular flexibility index (Phi) is 4.06. The predicted octanol–water partition coefficient (Wildman–Crippen LogP) is 1.73. The minimum atomic E-state index is 0.655. The maximum atomic E-state index is 6.12. The van der Waals surface area contributed by atoms with E-state index >= 15 is 0 Å². The Bertz CT molecular complexity index is 482. The van der Waals surface area contributed by atoms with E-state index in [9.17, 15) is 0 Å². The summed E-state index contributed by atoms with van der Waals surface area (Å²) >= 11 is 6.12. The fraction of sp³-hybridized carbons (Fsp3) is 0.364. The quantitative estimate of drug-likeness (QED) is 0.822. The van der Waals surface area contributed by atoms with Crippen LogP contribution in [0.15, 0.2) is 24.3 Å². The van der Waals surface area contributed by atoms with Gasteiger partial charge in [-0.1, -0.05) is 23.7 Å². The molecule has 0 bridgehead atoms. The van der Waals surface area contributed by atoms with Crippen LogP contribution in [0.2, 0.25) is 5.02 Å². The van der Waals surface area contributed by atoms with E-state index in [2.05, 4.69) is 15.5 Å². The van der Waals surface area contributed by atoms with Gasteiger partial charge >= 0.3 is 0 Å². The summed E-state index contributed by atoms with van der Waals surface area (Å²) in [5.41, 5.74) is 6.31. The van der Waals surface area contributed by atoms with Gasteiger partial charge in [0.15, 0.2) is 5.82 Å². The summed E-state index contributed by atoms with van der Waals surface area (Å²) in [6.45, 7) is 1.44. The molecule has 1 aromatic carbocycles. The Balaban J connectivity index is 2.22. The second-order valence-electron chi connectivity index (χ2n) is 3.70. The van der Waals surface area contributed by atoms with Crippen molar-refractivity contribution in [3.05, 3.63) is 29.3 Å². The lowest BCUT2D eigenvalue weighted by molar-refractivity contribution is 0.548. The van der Waals surface area contributed by atoms with Crippen LogP contribution in [0.5, 0.6) is 0 Å². The number of unbranched alkanes of at least 4 members (excludes halogenated alkanes) is 1. The van der Waals surface area contributed by atoms with Gasteiger partial charge < -0.3 is 5.73 Å². The van der Waals surface area contributed by atoms with Gasteiger partial charge in [-0.15, -0.1) is 5.10 Å². The smallest absolute Gasteiger partial charge is 0.183 e. The highest BCUT2D eigenvalue weighted by Gasteiger charge is 2.11. The first-order chi connectivity index (χ1) is 8.33. The summed E-state index contributed by atoms with van der Waals surface area (Å²) in [4.78, 5) is 0. The van der Waals surface area contributed by atoms with Gasteiger partial charge in [-0.2, -0.15) is 0 Å². The lowest BCUT2D eigenvalue weighted by Gasteiger charge is -2.05. The topological polar surface area (TPSA) is 69.6 Å². The highest BCUT2D eigenvalue weighted by atomic mass is 35.5. The average Bonchev–Trinajstić information content (AvgIpc) is 2.78. The van der Waals surface area contributed by atoms with Crippen LogP contribution >= 0.6 is 11.6 Å². The number of aryl methyl sites for hydroxylation is 1. The Labute approximate surface area is 105 Å². The minimum Gasteiger partial charge on any atom is -0.330 e. The SMILES string of the molecule is NCCCCn1nnnc1-c1ccccc1Cl. The van der Waals surface area contributed by atoms with E-state index in [4.69, 9.17) is 17.3 Å². The molecule has 0 saturated heterocycles. The van der Waals surface area contributed by atoms with Gasteiger partial charge in [-0.05, 0) is 41.9 Å². The maximum absolute atomic E-state index is 6.12. The molecule has 2 rings (SSSR count). The first kappa shape index (κ1) is 12.0. The number of hydrogen-bond donors (Lipinski definition) is 1. The Morgan fingerprint density at radius 2 is 2.06 bits per heavy atom. The molecule has 0 amide bonds. The molecule has 0 fully saturated rings. The van der Waals surface area contributed by atoms with Crippen LogP contribution in [0.1, 0.15) is 12.8 Å². The molecule has 0 spiro atoms. The van der Waals surface area contributed by atoms with E-state index in [1.807, 2.05) is 24.3 Å². The number of aromatic nitrogens is 4. The highest BCUT2D eigenvalue weighted by molar-refractivity contribution is 6.33. The summed E-state index contributed by atoms with van der Waals surface area (Å²) in [7, 11) is 0. The molecule has 5 nitrogen and oxygen atoms in total. The predicted molar refractivity (Wildman–Crippen MR) is 66.6 cm³/mol. The number of benzene rings is 1. The molecule has 0 unspecified atom stereocenters. The van der Waals surface area contributed by atoms with E-state index in [1.165, 1.54) is 0 Å². The first-order valence-corrected chi connectivity index (χ1v) is 5.92. The van der Waals surface area contributed by atoms with Crippen molar-refractivity contribution >= 4 is 11.6 Å². The molecule has 90 valence electrons. The Hall–Kier alpha value is -1.46. The Morgan fingerprint density at radius 3 is 2.82 bits per heavy atom. The zero-order valence-electron chi connectivity index (χ0n) is 9.38. The van der Waals surface area contributed by atoms with Gasteiger partial charge in [-0.25, -0.2) is 4.68 Å². The van der Waals surface area contributed by atoms with E-state index in [-0.39, 0.29) is 0 Å². The van der Waals surface area contributed by atoms with Gasteiger partial charge in [0.05, 0.1) is 5.02 Å². The van der Waals surface area contributed by atoms with Crippen LogP contribution in [0, 0.1) is 0 Å². The van der Waals surface area contributed by atoms with Gasteiger partial charge in [-0.3, -0.25) is 0 Å². The molecule has 1 aromatic heterocycles. The monoisotopic (exact) mass is 251 g/mol. The minimum absolute atomic E-state index is 0.655. The molecule has 0 aliphatic heterocycles. The van der Waals surface area contributed by atoms with Crippen molar-refractivity contribution < 1.29 is 0 Å². The summed E-state index contributed by atoms with van der Waals surface area (Å²) in [5.74, 6) is 0.702. The van der Waals surface area contributed by atoms with Crippen molar-refractivity contribution in [2.24, 2.45) is 5.73 Å². The van der Waals surface area contributed by atoms with Crippen molar-refractivity contribution in [1.82, 2.24) is 20.2 Å². The van der Waals surface area contributed by atoms with Gasteiger partial charge in [0.1, 0.15) is 0 Å². The van der Waals surface area contributed by atoms with Crippen LogP contribution < -0.4 is 5.73 Å². The second-order valence-corrected chi connectivity index (χ2v) is 4.11. The summed E-state index contributed by atoms with van der Waals surface area (Å²) in [5, 5.41) is 12.3. The summed E-state index contributed by atoms with van der Waals surface area (Å²) in [6, 6.07) is 7.54. The molecule has 6 heteroatoms. The fourth-order valence-electron chi connectivity index (χ4n) is 1.60. The number of nitrogens with zero attached hydrogens (tertiary/aromatic N) is 4. The van der Waals surface area contributed by atoms with E-state index in [0.717, 1.165) is 24.9 Å². The van der Waals surface area contributed by atoms with E-state index in [1.54, 1.807) is 4.68 Å². The molecule has 0 saturated carbocycles. The first-order valence-electron chi connectivity index (χ1n) is 5.54. The standard InChI is InChI=1S/C11H14ClN5/c12-10-6-2-1-5-9(10)11-14-15-16-17(11)8-4-3-7-13/h1-2,5-6H,3-4,7-8,13H2. The van der Waals surface area contributed by atoms with Gasteiger partial charge in [0.25, 0.3) is 0 Å². The molecule has 2 N–H and O–H groups in total. The summed E-state index contributed by atoms with van der Waals surface area (Å²) in [6.07, 6.45) is 1.92. The van der Waals surface area contributed by atoms with Crippen molar-refractivity contribution in [3.8, 4) is 11.4 Å². The highest BCUT2D eigenvalue weighted by Crippen LogP contribution is 2.25. The lowest BCUT2D eigenvalue weighted by Crippen LogP contribution is -2.06. The molecular weight excluding hydrogens is 238 g/mol. The molecule has 2 aromatic rings. The largest absolute Gasteiger partial charge is 0.330 e. The third-order valence-corrected chi connectivity index (χ3v) is 2.80. The number of tetrazole rings is 1. The van der Waals surface area contributed by atoms with Crippen molar-refractivity contribution in [3.63, 3.8) is 0 Å². The number of hydrogen-bond acceptors (Lipinski definition) is 4. The molecule has 0 aliphatic carbocycles. The number of halogens is 1. The van der Waals surface area contributed by atoms with Crippen molar-refractivity contribution in [1.29, 1.82) is 0 Å². The lowest BCUT2D eigenvalue weighted by atomic mass is 10.2. The Morgan fingerprint density at radius 1 is 1.24 bits per heavy atom. The van der Waals surface area contributed by atoms with Crippen LogP contribution in [0.25, 0.3) is 11.4 Å². The maximum Gasteiger partial charge on any atom is 0.183 e. The number of nitrogens with two attached hydrogens (primary N) is 1. The molecule has 1 heterocycles. The van der Waals surface area contributed by atoms with E-state index < -0.39 is 0 Å². The van der Waals surface area contributed by atoms with Crippen LogP contribution in [0.3, 0.4) is 0 Å². The van der Waals surface area contributed by atoms with Crippen LogP contribution in [0.4, 0.5) is 0 Å². The third-order valence-electron chi connectivity index (χ3n) is 2.47. The van der Waals surface area contributed by atoms with E-state index in [0.29, 0.717) is 17.4 Å². The molecule has 0 radical (unpaired) electrons. The zero-order chi connectivity index (χ0) is 12.1. The summed E-state index contributed by atoms with van der Waals surface area (Å²) < 4.78 is 1.76. The zero-order valence-corrected chi connectivity index (χ0v) is 10.1. The number of rotatable bonds is 5. The molecule has 0 atom stereocenters. The molecule has 17 heavy (non-hydrogen) atoms. The molecule has 0 aliphatic rings.